The fraction of sp³-hybridized carbons (Fsp3) is 0.120. The first kappa shape index (κ1) is 19.2. The van der Waals surface area contributed by atoms with Crippen LogP contribution in [0.5, 0.6) is 0 Å². The van der Waals surface area contributed by atoms with Gasteiger partial charge in [0.2, 0.25) is 0 Å². The van der Waals surface area contributed by atoms with Crippen LogP contribution >= 0.6 is 0 Å². The molecule has 0 spiro atoms. The van der Waals surface area contributed by atoms with Gasteiger partial charge in [-0.3, -0.25) is 4.98 Å². The summed E-state index contributed by atoms with van der Waals surface area (Å²) in [6, 6.07) is 15.5. The monoisotopic (exact) mass is 436 g/mol. The van der Waals surface area contributed by atoms with Crippen LogP contribution in [-0.2, 0) is 0 Å². The van der Waals surface area contributed by atoms with Gasteiger partial charge in [-0.15, -0.1) is 0 Å². The van der Waals surface area contributed by atoms with Gasteiger partial charge in [-0.1, -0.05) is 47.6 Å². The number of urea groups is 1. The van der Waals surface area contributed by atoms with Crippen LogP contribution < -0.4 is 10.6 Å². The number of benzene rings is 2. The summed E-state index contributed by atoms with van der Waals surface area (Å²) in [5.41, 5.74) is 8.12. The molecule has 0 bridgehead atoms. The molecule has 1 aliphatic rings. The lowest BCUT2D eigenvalue weighted by Crippen LogP contribution is -2.32. The number of H-pyrrole nitrogens is 1. The van der Waals surface area contributed by atoms with Crippen molar-refractivity contribution in [3.05, 3.63) is 83.5 Å². The summed E-state index contributed by atoms with van der Waals surface area (Å²) < 4.78 is 5.16. The van der Waals surface area contributed by atoms with E-state index in [0.29, 0.717) is 17.1 Å². The Bertz CT molecular complexity index is 1480. The molecule has 33 heavy (non-hydrogen) atoms. The molecule has 0 saturated heterocycles. The van der Waals surface area contributed by atoms with E-state index < -0.39 is 0 Å². The summed E-state index contributed by atoms with van der Waals surface area (Å²) in [4.78, 5) is 25.3. The molecule has 0 saturated carbocycles. The number of anilines is 1. The Morgan fingerprint density at radius 3 is 2.67 bits per heavy atom. The number of nitrogens with zero attached hydrogens (tertiary/aromatic N) is 3. The number of aromatic amines is 1. The first-order chi connectivity index (χ1) is 16.1. The van der Waals surface area contributed by atoms with Crippen molar-refractivity contribution in [2.75, 3.05) is 5.32 Å². The Morgan fingerprint density at radius 2 is 1.85 bits per heavy atom. The van der Waals surface area contributed by atoms with Crippen LogP contribution in [0.4, 0.5) is 10.5 Å². The van der Waals surface area contributed by atoms with Crippen LogP contribution in [0.1, 0.15) is 28.6 Å². The molecule has 3 heterocycles. The van der Waals surface area contributed by atoms with Crippen molar-refractivity contribution in [3.63, 3.8) is 0 Å². The zero-order chi connectivity index (χ0) is 22.5. The lowest BCUT2D eigenvalue weighted by molar-refractivity contribution is 0.250. The van der Waals surface area contributed by atoms with Crippen molar-refractivity contribution >= 4 is 22.8 Å². The topological polar surface area (TPSA) is 109 Å². The molecule has 5 aromatic rings. The molecule has 8 nitrogen and oxygen atoms in total. The fourth-order valence-corrected chi connectivity index (χ4v) is 4.53. The molecular weight excluding hydrogens is 416 g/mol. The van der Waals surface area contributed by atoms with Gasteiger partial charge in [-0.25, -0.2) is 9.78 Å². The number of aryl methyl sites for hydroxylation is 2. The number of hydrogen-bond acceptors (Lipinski definition) is 5. The first-order valence-corrected chi connectivity index (χ1v) is 10.6. The molecule has 2 amide bonds. The van der Waals surface area contributed by atoms with Crippen molar-refractivity contribution in [1.82, 2.24) is 25.4 Å². The molecule has 0 fully saturated rings. The van der Waals surface area contributed by atoms with Gasteiger partial charge in [0.1, 0.15) is 17.2 Å². The normalized spacial score (nSPS) is 14.2. The number of aromatic nitrogens is 4. The average molecular weight is 436 g/mol. The van der Waals surface area contributed by atoms with Crippen molar-refractivity contribution in [2.24, 2.45) is 0 Å². The van der Waals surface area contributed by atoms with Gasteiger partial charge in [0.25, 0.3) is 0 Å². The highest BCUT2D eigenvalue weighted by atomic mass is 16.5. The Morgan fingerprint density at radius 1 is 1.03 bits per heavy atom. The fourth-order valence-electron chi connectivity index (χ4n) is 4.53. The molecule has 0 aliphatic heterocycles. The van der Waals surface area contributed by atoms with Crippen molar-refractivity contribution in [1.29, 1.82) is 0 Å². The third-order valence-corrected chi connectivity index (χ3v) is 6.03. The summed E-state index contributed by atoms with van der Waals surface area (Å²) in [6.45, 7) is 3.56. The van der Waals surface area contributed by atoms with Gasteiger partial charge in [-0.2, -0.15) is 0 Å². The van der Waals surface area contributed by atoms with Gasteiger partial charge >= 0.3 is 6.03 Å². The predicted octanol–water partition coefficient (Wildman–Crippen LogP) is 5.12. The van der Waals surface area contributed by atoms with Crippen LogP contribution in [-0.4, -0.2) is 26.1 Å². The van der Waals surface area contributed by atoms with Gasteiger partial charge in [0.05, 0.1) is 23.3 Å². The van der Waals surface area contributed by atoms with E-state index in [0.717, 1.165) is 44.7 Å². The van der Waals surface area contributed by atoms with E-state index in [9.17, 15) is 4.79 Å². The Labute approximate surface area is 189 Å². The van der Waals surface area contributed by atoms with Crippen molar-refractivity contribution < 1.29 is 9.32 Å². The van der Waals surface area contributed by atoms with Crippen molar-refractivity contribution in [3.8, 4) is 22.5 Å². The molecule has 3 N–H and O–H groups in total. The summed E-state index contributed by atoms with van der Waals surface area (Å²) in [6.07, 6.45) is 3.50. The number of rotatable bonds is 3. The first-order valence-electron chi connectivity index (χ1n) is 10.6. The number of pyridine rings is 1. The Hall–Kier alpha value is -4.46. The quantitative estimate of drug-likeness (QED) is 0.364. The van der Waals surface area contributed by atoms with Gasteiger partial charge in [-0.05, 0) is 42.2 Å². The van der Waals surface area contributed by atoms with Gasteiger partial charge in [0, 0.05) is 11.8 Å². The number of imidazole rings is 1. The minimum atomic E-state index is -0.322. The molecule has 8 heteroatoms. The number of amides is 2. The summed E-state index contributed by atoms with van der Waals surface area (Å²) in [7, 11) is 0. The summed E-state index contributed by atoms with van der Waals surface area (Å²) >= 11 is 0. The molecule has 1 atom stereocenters. The predicted molar refractivity (Wildman–Crippen MR) is 125 cm³/mol. The number of carbonyl (C=O) groups excluding carboxylic acids is 1. The molecule has 1 unspecified atom stereocenters. The molecule has 1 aliphatic carbocycles. The molecular formula is C25H20N6O2. The molecule has 6 rings (SSSR count). The van der Waals surface area contributed by atoms with Crippen LogP contribution in [0.3, 0.4) is 0 Å². The number of hydrogen-bond donors (Lipinski definition) is 3. The highest BCUT2D eigenvalue weighted by Gasteiger charge is 2.32. The number of carbonyl (C=O) groups is 1. The second-order valence-corrected chi connectivity index (χ2v) is 8.07. The van der Waals surface area contributed by atoms with Crippen molar-refractivity contribution in [2.45, 2.75) is 19.9 Å². The lowest BCUT2D eigenvalue weighted by atomic mass is 9.99. The van der Waals surface area contributed by atoms with Crippen LogP contribution in [0, 0.1) is 13.8 Å². The van der Waals surface area contributed by atoms with E-state index in [-0.39, 0.29) is 12.1 Å². The largest absolute Gasteiger partial charge is 0.359 e. The molecule has 2 aromatic carbocycles. The summed E-state index contributed by atoms with van der Waals surface area (Å²) in [5.74, 6) is 1.34. The highest BCUT2D eigenvalue weighted by Crippen LogP contribution is 2.47. The summed E-state index contributed by atoms with van der Waals surface area (Å²) in [5, 5.41) is 9.91. The molecule has 0 radical (unpaired) electrons. The van der Waals surface area contributed by atoms with Gasteiger partial charge in [0.15, 0.2) is 5.76 Å². The standard InChI is InChI=1S/C25H20N6O2/c1-13-22(14(2)33-31-13)29-25(32)30-23-16-7-4-3-6-15(16)21-17(23)8-5-9-18(21)24-27-19-10-11-26-12-20(19)28-24/h3-12,23H,1-2H3,(H,27,28)(H2,29,30,32). The average Bonchev–Trinajstić information content (AvgIpc) is 3.50. The van der Waals surface area contributed by atoms with E-state index in [1.165, 1.54) is 0 Å². The smallest absolute Gasteiger partial charge is 0.320 e. The second-order valence-electron chi connectivity index (χ2n) is 8.07. The van der Waals surface area contributed by atoms with Crippen LogP contribution in [0.15, 0.2) is 65.4 Å². The maximum atomic E-state index is 12.9. The Balaban J connectivity index is 1.42. The van der Waals surface area contributed by atoms with Crippen LogP contribution in [0.2, 0.25) is 0 Å². The van der Waals surface area contributed by atoms with E-state index >= 15 is 0 Å². The van der Waals surface area contributed by atoms with E-state index in [2.05, 4.69) is 31.8 Å². The molecule has 162 valence electrons. The van der Waals surface area contributed by atoms with E-state index in [4.69, 9.17) is 9.51 Å². The van der Waals surface area contributed by atoms with E-state index in [1.54, 1.807) is 26.2 Å². The zero-order valence-electron chi connectivity index (χ0n) is 18.0. The third-order valence-electron chi connectivity index (χ3n) is 6.03. The minimum absolute atomic E-state index is 0.303. The number of nitrogens with one attached hydrogen (secondary N) is 3. The lowest BCUT2D eigenvalue weighted by Gasteiger charge is -2.16. The second kappa shape index (κ2) is 7.30. The van der Waals surface area contributed by atoms with Gasteiger partial charge < -0.3 is 20.1 Å². The third kappa shape index (κ3) is 3.07. The van der Waals surface area contributed by atoms with E-state index in [1.807, 2.05) is 42.5 Å². The maximum absolute atomic E-state index is 12.9. The SMILES string of the molecule is Cc1noc(C)c1NC(=O)NC1c2ccccc2-c2c(-c3nc4ccncc4[nH]3)cccc21. The number of fused-ring (bicyclic) bond motifs is 4. The zero-order valence-corrected chi connectivity index (χ0v) is 18.0. The van der Waals surface area contributed by atoms with Crippen LogP contribution in [0.25, 0.3) is 33.5 Å². The minimum Gasteiger partial charge on any atom is -0.359 e. The Kier molecular flexibility index (Phi) is 4.26. The maximum Gasteiger partial charge on any atom is 0.320 e. The highest BCUT2D eigenvalue weighted by molar-refractivity contribution is 5.95. The molecule has 3 aromatic heterocycles.